The number of nitrogens with zero attached hydrogens (tertiary/aromatic N) is 1. The number of aryl methyl sites for hydroxylation is 1. The van der Waals surface area contributed by atoms with E-state index in [9.17, 15) is 9.59 Å². The van der Waals surface area contributed by atoms with Crippen LogP contribution in [0.1, 0.15) is 30.0 Å². The zero-order chi connectivity index (χ0) is 19.4. The van der Waals surface area contributed by atoms with Crippen LogP contribution in [-0.4, -0.2) is 26.0 Å². The molecule has 0 bridgehead atoms. The fourth-order valence-electron chi connectivity index (χ4n) is 3.62. The minimum Gasteiger partial charge on any atom is -0.496 e. The van der Waals surface area contributed by atoms with E-state index in [1.54, 1.807) is 12.0 Å². The van der Waals surface area contributed by atoms with Crippen molar-refractivity contribution in [2.24, 2.45) is 5.92 Å². The minimum absolute atomic E-state index is 0.0174. The summed E-state index contributed by atoms with van der Waals surface area (Å²) in [6.45, 7) is 1.99. The lowest BCUT2D eigenvalue weighted by Crippen LogP contribution is -2.48. The Balaban J connectivity index is 2.13. The average molecular weight is 368 g/mol. The van der Waals surface area contributed by atoms with Gasteiger partial charge >= 0.3 is 0 Å². The molecule has 3 rings (SSSR count). The van der Waals surface area contributed by atoms with Crippen LogP contribution in [-0.2, 0) is 14.4 Å². The van der Waals surface area contributed by atoms with Crippen LogP contribution >= 0.6 is 0 Å². The molecule has 0 spiro atoms. The average Bonchev–Trinajstić information content (AvgIpc) is 2.68. The van der Waals surface area contributed by atoms with Crippen LogP contribution in [0.3, 0.4) is 0 Å². The maximum atomic E-state index is 12.9. The number of carbonyl (C=O) groups is 2. The van der Waals surface area contributed by atoms with Crippen molar-refractivity contribution in [2.45, 2.75) is 25.8 Å². The first kappa shape index (κ1) is 18.9. The minimum atomic E-state index is -0.486. The fourth-order valence-corrected chi connectivity index (χ4v) is 3.62. The topological polar surface area (TPSA) is 67.9 Å². The molecule has 2 unspecified atom stereocenters. The van der Waals surface area contributed by atoms with Crippen LogP contribution in [0.4, 0.5) is 5.69 Å². The third-order valence-corrected chi connectivity index (χ3v) is 4.91. The summed E-state index contributed by atoms with van der Waals surface area (Å²) >= 11 is 0. The van der Waals surface area contributed by atoms with Crippen molar-refractivity contribution >= 4 is 17.5 Å². The van der Waals surface area contributed by atoms with Gasteiger partial charge < -0.3 is 9.64 Å². The van der Waals surface area contributed by atoms with Crippen LogP contribution in [0.25, 0.3) is 0 Å². The second-order valence-corrected chi connectivity index (χ2v) is 6.60. The van der Waals surface area contributed by atoms with E-state index < -0.39 is 12.0 Å². The van der Waals surface area contributed by atoms with Gasteiger partial charge in [0.15, 0.2) is 0 Å². The van der Waals surface area contributed by atoms with Crippen LogP contribution in [0, 0.1) is 12.8 Å². The number of hydrogen-bond acceptors (Lipinski definition) is 4. The molecule has 6 nitrogen and oxygen atoms in total. The van der Waals surface area contributed by atoms with Crippen LogP contribution in [0.5, 0.6) is 5.75 Å². The predicted octanol–water partition coefficient (Wildman–Crippen LogP) is 3.17. The van der Waals surface area contributed by atoms with Gasteiger partial charge in [0.2, 0.25) is 11.8 Å². The highest BCUT2D eigenvalue weighted by atomic mass is 16.6. The molecule has 0 radical (unpaired) electrons. The lowest BCUT2D eigenvalue weighted by Gasteiger charge is -2.41. The molecule has 1 aliphatic rings. The molecule has 2 amide bonds. The summed E-state index contributed by atoms with van der Waals surface area (Å²) in [4.78, 5) is 32.2. The predicted molar refractivity (Wildman–Crippen MR) is 102 cm³/mol. The molecule has 1 saturated heterocycles. The number of hydroxylamine groups is 1. The maximum Gasteiger partial charge on any atom is 0.249 e. The third-order valence-electron chi connectivity index (χ3n) is 4.91. The molecule has 1 N–H and O–H groups in total. The van der Waals surface area contributed by atoms with E-state index in [-0.39, 0.29) is 11.8 Å². The van der Waals surface area contributed by atoms with Crippen molar-refractivity contribution in [1.82, 2.24) is 5.48 Å². The fraction of sp³-hybridized carbons (Fsp3) is 0.333. The smallest absolute Gasteiger partial charge is 0.249 e. The second kappa shape index (κ2) is 8.22. The number of ether oxygens (including phenoxy) is 1. The van der Waals surface area contributed by atoms with Gasteiger partial charge in [-0.1, -0.05) is 35.9 Å². The van der Waals surface area contributed by atoms with Gasteiger partial charge in [0, 0.05) is 17.7 Å². The van der Waals surface area contributed by atoms with E-state index in [1.807, 2.05) is 55.5 Å². The van der Waals surface area contributed by atoms with Gasteiger partial charge in [-0.25, -0.2) is 5.48 Å². The Morgan fingerprint density at radius 3 is 2.48 bits per heavy atom. The number of nitrogens with one attached hydrogen (secondary N) is 1. The molecular formula is C21H24N2O4. The normalized spacial score (nSPS) is 19.7. The van der Waals surface area contributed by atoms with Crippen molar-refractivity contribution in [2.75, 3.05) is 19.1 Å². The van der Waals surface area contributed by atoms with Gasteiger partial charge in [0.05, 0.1) is 26.2 Å². The highest BCUT2D eigenvalue weighted by molar-refractivity contribution is 5.97. The van der Waals surface area contributed by atoms with Gasteiger partial charge in [0.25, 0.3) is 0 Å². The van der Waals surface area contributed by atoms with E-state index in [0.29, 0.717) is 18.6 Å². The molecule has 142 valence electrons. The summed E-state index contributed by atoms with van der Waals surface area (Å²) < 4.78 is 5.52. The van der Waals surface area contributed by atoms with Crippen LogP contribution in [0.2, 0.25) is 0 Å². The van der Waals surface area contributed by atoms with Crippen LogP contribution in [0.15, 0.2) is 48.5 Å². The highest BCUT2D eigenvalue weighted by Crippen LogP contribution is 2.43. The standard InChI is InChI=1S/C21H24N2O4/c1-14-8-10-15(11-9-14)23-19(24)13-12-17(21(25)22-27-3)20(23)16-6-4-5-7-18(16)26-2/h4-11,17,20H,12-13H2,1-3H3,(H,22,25). The summed E-state index contributed by atoms with van der Waals surface area (Å²) in [5, 5.41) is 0. The number of methoxy groups -OCH3 is 1. The number of rotatable bonds is 5. The Morgan fingerprint density at radius 1 is 1.11 bits per heavy atom. The van der Waals surface area contributed by atoms with E-state index in [2.05, 4.69) is 5.48 Å². The van der Waals surface area contributed by atoms with Crippen molar-refractivity contribution < 1.29 is 19.2 Å². The van der Waals surface area contributed by atoms with E-state index >= 15 is 0 Å². The number of benzene rings is 2. The van der Waals surface area contributed by atoms with Crippen molar-refractivity contribution in [3.63, 3.8) is 0 Å². The SMILES string of the molecule is CONC(=O)C1CCC(=O)N(c2ccc(C)cc2)C1c1ccccc1OC. The Morgan fingerprint density at radius 2 is 1.81 bits per heavy atom. The molecular weight excluding hydrogens is 344 g/mol. The number of hydrogen-bond donors (Lipinski definition) is 1. The summed E-state index contributed by atoms with van der Waals surface area (Å²) in [6, 6.07) is 14.7. The van der Waals surface area contributed by atoms with E-state index in [4.69, 9.17) is 9.57 Å². The van der Waals surface area contributed by atoms with Gasteiger partial charge in [-0.05, 0) is 31.5 Å². The summed E-state index contributed by atoms with van der Waals surface area (Å²) in [5.74, 6) is -0.0842. The van der Waals surface area contributed by atoms with Gasteiger partial charge in [-0.3, -0.25) is 14.4 Å². The monoisotopic (exact) mass is 368 g/mol. The molecule has 6 heteroatoms. The largest absolute Gasteiger partial charge is 0.496 e. The van der Waals surface area contributed by atoms with Crippen LogP contribution < -0.4 is 15.1 Å². The first-order valence-corrected chi connectivity index (χ1v) is 8.91. The van der Waals surface area contributed by atoms with Crippen molar-refractivity contribution in [3.8, 4) is 5.75 Å². The first-order chi connectivity index (χ1) is 13.1. The second-order valence-electron chi connectivity index (χ2n) is 6.60. The van der Waals surface area contributed by atoms with E-state index in [0.717, 1.165) is 16.8 Å². The van der Waals surface area contributed by atoms with Gasteiger partial charge in [0.1, 0.15) is 5.75 Å². The third kappa shape index (κ3) is 3.80. The van der Waals surface area contributed by atoms with Crippen molar-refractivity contribution in [3.05, 3.63) is 59.7 Å². The summed E-state index contributed by atoms with van der Waals surface area (Å²) in [6.07, 6.45) is 0.737. The van der Waals surface area contributed by atoms with Gasteiger partial charge in [-0.2, -0.15) is 0 Å². The Hall–Kier alpha value is -2.86. The number of para-hydroxylation sites is 1. The lowest BCUT2D eigenvalue weighted by molar-refractivity contribution is -0.138. The number of carbonyl (C=O) groups excluding carboxylic acids is 2. The molecule has 2 atom stereocenters. The molecule has 1 heterocycles. The quantitative estimate of drug-likeness (QED) is 0.823. The molecule has 0 aromatic heterocycles. The molecule has 0 saturated carbocycles. The van der Waals surface area contributed by atoms with Crippen molar-refractivity contribution in [1.29, 1.82) is 0 Å². The summed E-state index contributed by atoms with van der Waals surface area (Å²) in [5.41, 5.74) is 5.09. The first-order valence-electron chi connectivity index (χ1n) is 8.91. The molecule has 27 heavy (non-hydrogen) atoms. The number of piperidine rings is 1. The zero-order valence-electron chi connectivity index (χ0n) is 15.8. The molecule has 2 aromatic rings. The number of anilines is 1. The lowest BCUT2D eigenvalue weighted by atomic mass is 9.83. The maximum absolute atomic E-state index is 12.9. The Labute approximate surface area is 159 Å². The summed E-state index contributed by atoms with van der Waals surface area (Å²) in [7, 11) is 2.99. The zero-order valence-corrected chi connectivity index (χ0v) is 15.8. The Bertz CT molecular complexity index is 819. The van der Waals surface area contributed by atoms with Gasteiger partial charge in [-0.15, -0.1) is 0 Å². The highest BCUT2D eigenvalue weighted by Gasteiger charge is 2.42. The Kier molecular flexibility index (Phi) is 5.76. The molecule has 1 fully saturated rings. The molecule has 0 aliphatic carbocycles. The van der Waals surface area contributed by atoms with E-state index in [1.165, 1.54) is 7.11 Å². The molecule has 1 aliphatic heterocycles. The number of amides is 2. The molecule has 2 aromatic carbocycles.